The van der Waals surface area contributed by atoms with Gasteiger partial charge in [0.05, 0.1) is 10.4 Å². The molecule has 64 heavy (non-hydrogen) atoms. The number of benzene rings is 10. The number of hydrogen-bond donors (Lipinski definition) is 0. The standard InChI is InChI=1S/C60H40N2S2/c1-5-16-41(17-6-1)43-28-33-48(34-29-43)61(46-20-9-3-10-21-46)50-39-55-54-38-45(51-25-15-26-53-52-24-13-14-27-57(52)63-59(51)53)32-37-58(54)64-60(55)56(40-50)62(47-22-11-4-12-23-47)49-35-30-44(31-36-49)42-18-7-2-8-19-42/h1-40H. The van der Waals surface area contributed by atoms with Crippen LogP contribution in [0.25, 0.3) is 73.7 Å². The summed E-state index contributed by atoms with van der Waals surface area (Å²) < 4.78 is 5.13. The Bertz CT molecular complexity index is 3580. The highest BCUT2D eigenvalue weighted by Crippen LogP contribution is 2.50. The van der Waals surface area contributed by atoms with Gasteiger partial charge in [0.25, 0.3) is 0 Å². The summed E-state index contributed by atoms with van der Waals surface area (Å²) in [5.74, 6) is 0. The van der Waals surface area contributed by atoms with E-state index in [1.54, 1.807) is 0 Å². The number of nitrogens with zero attached hydrogens (tertiary/aromatic N) is 2. The molecule has 0 saturated carbocycles. The molecule has 0 amide bonds. The summed E-state index contributed by atoms with van der Waals surface area (Å²) in [5, 5.41) is 5.10. The summed E-state index contributed by atoms with van der Waals surface area (Å²) in [6, 6.07) is 88.3. The maximum atomic E-state index is 2.44. The molecule has 0 saturated heterocycles. The van der Waals surface area contributed by atoms with Crippen LogP contribution in [0, 0.1) is 0 Å². The summed E-state index contributed by atoms with van der Waals surface area (Å²) in [7, 11) is 0. The third-order valence-corrected chi connectivity index (χ3v) is 14.7. The number of rotatable bonds is 9. The van der Waals surface area contributed by atoms with Crippen LogP contribution < -0.4 is 9.80 Å². The summed E-state index contributed by atoms with van der Waals surface area (Å²) >= 11 is 3.76. The van der Waals surface area contributed by atoms with E-state index < -0.39 is 0 Å². The van der Waals surface area contributed by atoms with Crippen molar-refractivity contribution >= 4 is 97.1 Å². The topological polar surface area (TPSA) is 6.48 Å². The van der Waals surface area contributed by atoms with Gasteiger partial charge in [0.2, 0.25) is 0 Å². The number of para-hydroxylation sites is 2. The van der Waals surface area contributed by atoms with Crippen LogP contribution in [0.3, 0.4) is 0 Å². The molecule has 10 aromatic carbocycles. The predicted molar refractivity (Wildman–Crippen MR) is 278 cm³/mol. The summed E-state index contributed by atoms with van der Waals surface area (Å²) in [6.07, 6.45) is 0. The van der Waals surface area contributed by atoms with Crippen molar-refractivity contribution in [3.63, 3.8) is 0 Å². The monoisotopic (exact) mass is 852 g/mol. The number of hydrogen-bond acceptors (Lipinski definition) is 4. The zero-order chi connectivity index (χ0) is 42.4. The van der Waals surface area contributed by atoms with Crippen molar-refractivity contribution in [1.29, 1.82) is 0 Å². The summed E-state index contributed by atoms with van der Waals surface area (Å²) in [4.78, 5) is 4.85. The van der Waals surface area contributed by atoms with E-state index in [1.165, 1.54) is 73.7 Å². The lowest BCUT2D eigenvalue weighted by Crippen LogP contribution is -2.13. The largest absolute Gasteiger partial charge is 0.310 e. The molecular formula is C60H40N2S2. The van der Waals surface area contributed by atoms with Gasteiger partial charge < -0.3 is 9.80 Å². The van der Waals surface area contributed by atoms with Gasteiger partial charge in [-0.15, -0.1) is 22.7 Å². The highest BCUT2D eigenvalue weighted by Gasteiger charge is 2.23. The normalized spacial score (nSPS) is 11.4. The van der Waals surface area contributed by atoms with Crippen LogP contribution in [0.4, 0.5) is 34.1 Å². The second-order valence-corrected chi connectivity index (χ2v) is 18.2. The first-order chi connectivity index (χ1) is 31.7. The molecule has 2 nitrogen and oxygen atoms in total. The highest BCUT2D eigenvalue weighted by molar-refractivity contribution is 7.27. The van der Waals surface area contributed by atoms with Crippen LogP contribution in [0.1, 0.15) is 0 Å². The van der Waals surface area contributed by atoms with Gasteiger partial charge in [0, 0.05) is 64.1 Å². The Morgan fingerprint density at radius 3 is 1.36 bits per heavy atom. The fourth-order valence-electron chi connectivity index (χ4n) is 9.18. The van der Waals surface area contributed by atoms with Crippen molar-refractivity contribution in [3.8, 4) is 33.4 Å². The Kier molecular flexibility index (Phi) is 9.59. The van der Waals surface area contributed by atoms with Crippen LogP contribution in [0.5, 0.6) is 0 Å². The fourth-order valence-corrected chi connectivity index (χ4v) is 11.6. The molecule has 0 atom stereocenters. The van der Waals surface area contributed by atoms with E-state index in [-0.39, 0.29) is 0 Å². The first kappa shape index (κ1) is 38.0. The van der Waals surface area contributed by atoms with E-state index >= 15 is 0 Å². The van der Waals surface area contributed by atoms with Crippen molar-refractivity contribution in [3.05, 3.63) is 243 Å². The Balaban J connectivity index is 1.11. The Labute approximate surface area is 380 Å². The molecule has 0 aliphatic rings. The Morgan fingerprint density at radius 2 is 0.719 bits per heavy atom. The molecular weight excluding hydrogens is 813 g/mol. The van der Waals surface area contributed by atoms with Gasteiger partial charge >= 0.3 is 0 Å². The van der Waals surface area contributed by atoms with Crippen molar-refractivity contribution in [2.75, 3.05) is 9.80 Å². The quantitative estimate of drug-likeness (QED) is 0.143. The Morgan fingerprint density at radius 1 is 0.250 bits per heavy atom. The van der Waals surface area contributed by atoms with E-state index in [9.17, 15) is 0 Å². The molecule has 4 heteroatoms. The second-order valence-electron chi connectivity index (χ2n) is 16.1. The van der Waals surface area contributed by atoms with E-state index in [1.807, 2.05) is 22.7 Å². The molecule has 2 aromatic heterocycles. The highest BCUT2D eigenvalue weighted by atomic mass is 32.1. The van der Waals surface area contributed by atoms with Crippen LogP contribution >= 0.6 is 22.7 Å². The first-order valence-electron chi connectivity index (χ1n) is 21.7. The minimum absolute atomic E-state index is 1.08. The van der Waals surface area contributed by atoms with Crippen molar-refractivity contribution in [1.82, 2.24) is 0 Å². The third-order valence-electron chi connectivity index (χ3n) is 12.2. The predicted octanol–water partition coefficient (Wildman–Crippen LogP) is 18.4. The molecule has 0 aliphatic carbocycles. The van der Waals surface area contributed by atoms with E-state index in [4.69, 9.17) is 0 Å². The first-order valence-corrected chi connectivity index (χ1v) is 23.3. The molecule has 0 aliphatic heterocycles. The second kappa shape index (κ2) is 16.2. The van der Waals surface area contributed by atoms with Crippen LogP contribution in [-0.2, 0) is 0 Å². The van der Waals surface area contributed by atoms with Crippen molar-refractivity contribution in [2.45, 2.75) is 0 Å². The molecule has 0 fully saturated rings. The van der Waals surface area contributed by atoms with Gasteiger partial charge in [-0.1, -0.05) is 164 Å². The maximum absolute atomic E-state index is 2.44. The van der Waals surface area contributed by atoms with Crippen LogP contribution in [0.2, 0.25) is 0 Å². The molecule has 0 spiro atoms. The molecule has 302 valence electrons. The fraction of sp³-hybridized carbons (Fsp3) is 0. The SMILES string of the molecule is c1ccc(-c2ccc(N(c3ccccc3)c3cc(N(c4ccccc4)c4ccc(-c5ccccc5)cc4)c4sc5ccc(-c6cccc7c6sc6ccccc67)cc5c4c3)cc2)cc1. The average molecular weight is 853 g/mol. The molecule has 12 aromatic rings. The van der Waals surface area contributed by atoms with Crippen molar-refractivity contribution < 1.29 is 0 Å². The smallest absolute Gasteiger partial charge is 0.0661 e. The zero-order valence-electron chi connectivity index (χ0n) is 34.8. The molecule has 0 radical (unpaired) electrons. The van der Waals surface area contributed by atoms with Gasteiger partial charge in [-0.3, -0.25) is 0 Å². The molecule has 0 N–H and O–H groups in total. The lowest BCUT2D eigenvalue weighted by molar-refractivity contribution is 1.26. The molecule has 0 unspecified atom stereocenters. The van der Waals surface area contributed by atoms with E-state index in [0.29, 0.717) is 0 Å². The Hall–Kier alpha value is -7.76. The molecule has 12 rings (SSSR count). The van der Waals surface area contributed by atoms with E-state index in [2.05, 4.69) is 252 Å². The minimum Gasteiger partial charge on any atom is -0.310 e. The minimum atomic E-state index is 1.08. The van der Waals surface area contributed by atoms with E-state index in [0.717, 1.165) is 34.1 Å². The lowest BCUT2D eigenvalue weighted by Gasteiger charge is -2.30. The lowest BCUT2D eigenvalue weighted by atomic mass is 10.00. The summed E-state index contributed by atoms with van der Waals surface area (Å²) in [6.45, 7) is 0. The molecule has 2 heterocycles. The van der Waals surface area contributed by atoms with Gasteiger partial charge in [-0.05, 0) is 112 Å². The third kappa shape index (κ3) is 6.81. The maximum Gasteiger partial charge on any atom is 0.0661 e. The molecule has 0 bridgehead atoms. The number of fused-ring (bicyclic) bond motifs is 6. The summed E-state index contributed by atoms with van der Waals surface area (Å²) in [5.41, 5.74) is 13.9. The average Bonchev–Trinajstić information content (AvgIpc) is 3.94. The van der Waals surface area contributed by atoms with Gasteiger partial charge in [0.1, 0.15) is 0 Å². The number of thiophene rings is 2. The van der Waals surface area contributed by atoms with Gasteiger partial charge in [-0.2, -0.15) is 0 Å². The number of anilines is 6. The zero-order valence-corrected chi connectivity index (χ0v) is 36.4. The van der Waals surface area contributed by atoms with Crippen molar-refractivity contribution in [2.24, 2.45) is 0 Å². The van der Waals surface area contributed by atoms with Gasteiger partial charge in [0.15, 0.2) is 0 Å². The van der Waals surface area contributed by atoms with Crippen LogP contribution in [-0.4, -0.2) is 0 Å². The van der Waals surface area contributed by atoms with Crippen LogP contribution in [0.15, 0.2) is 243 Å². The van der Waals surface area contributed by atoms with Gasteiger partial charge in [-0.25, -0.2) is 0 Å².